The Bertz CT molecular complexity index is 566. The summed E-state index contributed by atoms with van der Waals surface area (Å²) in [5.74, 6) is 1.61. The van der Waals surface area contributed by atoms with E-state index in [1.807, 2.05) is 0 Å². The molecule has 0 unspecified atom stereocenters. The SMILES string of the molecule is C#C[C@@H](C)OC(=O)c1cccc(S(C)(=O)=O)c1. The van der Waals surface area contributed by atoms with E-state index in [0.717, 1.165) is 6.26 Å². The van der Waals surface area contributed by atoms with E-state index in [0.29, 0.717) is 0 Å². The Hall–Kier alpha value is -1.80. The molecule has 5 heteroatoms. The van der Waals surface area contributed by atoms with Crippen molar-refractivity contribution in [2.24, 2.45) is 0 Å². The van der Waals surface area contributed by atoms with E-state index in [9.17, 15) is 13.2 Å². The highest BCUT2D eigenvalue weighted by molar-refractivity contribution is 7.90. The number of esters is 1. The fourth-order valence-electron chi connectivity index (χ4n) is 1.12. The minimum atomic E-state index is -3.34. The van der Waals surface area contributed by atoms with Crippen LogP contribution in [0.15, 0.2) is 29.2 Å². The summed E-state index contributed by atoms with van der Waals surface area (Å²) in [7, 11) is -3.34. The van der Waals surface area contributed by atoms with Crippen molar-refractivity contribution in [3.05, 3.63) is 29.8 Å². The Morgan fingerprint density at radius 1 is 1.47 bits per heavy atom. The molecule has 0 saturated carbocycles. The van der Waals surface area contributed by atoms with Crippen molar-refractivity contribution in [2.45, 2.75) is 17.9 Å². The largest absolute Gasteiger partial charge is 0.446 e. The lowest BCUT2D eigenvalue weighted by molar-refractivity contribution is 0.0438. The quantitative estimate of drug-likeness (QED) is 0.600. The molecule has 0 aromatic heterocycles. The molecule has 17 heavy (non-hydrogen) atoms. The zero-order valence-corrected chi connectivity index (χ0v) is 10.3. The molecule has 0 bridgehead atoms. The Balaban J connectivity index is 3.02. The molecular formula is C12H12O4S. The van der Waals surface area contributed by atoms with Crippen molar-refractivity contribution in [1.82, 2.24) is 0 Å². The minimum absolute atomic E-state index is 0.0697. The first-order valence-corrected chi connectivity index (χ1v) is 6.71. The predicted octanol–water partition coefficient (Wildman–Crippen LogP) is 1.27. The first-order valence-electron chi connectivity index (χ1n) is 4.82. The molecule has 1 rings (SSSR count). The summed E-state index contributed by atoms with van der Waals surface area (Å²) < 4.78 is 27.5. The maximum absolute atomic E-state index is 11.6. The van der Waals surface area contributed by atoms with Gasteiger partial charge in [0.1, 0.15) is 0 Å². The van der Waals surface area contributed by atoms with Crippen LogP contribution in [0.4, 0.5) is 0 Å². The Kier molecular flexibility index (Phi) is 3.92. The number of sulfone groups is 1. The van der Waals surface area contributed by atoms with Gasteiger partial charge in [0.05, 0.1) is 10.5 Å². The van der Waals surface area contributed by atoms with Crippen LogP contribution in [0.2, 0.25) is 0 Å². The average Bonchev–Trinajstić information content (AvgIpc) is 2.28. The minimum Gasteiger partial charge on any atom is -0.446 e. The summed E-state index contributed by atoms with van der Waals surface area (Å²) in [6, 6.07) is 5.63. The highest BCUT2D eigenvalue weighted by Crippen LogP contribution is 2.12. The van der Waals surface area contributed by atoms with Crippen LogP contribution in [-0.4, -0.2) is 26.7 Å². The number of carbonyl (C=O) groups excluding carboxylic acids is 1. The van der Waals surface area contributed by atoms with E-state index in [4.69, 9.17) is 11.2 Å². The van der Waals surface area contributed by atoms with Crippen molar-refractivity contribution in [1.29, 1.82) is 0 Å². The molecule has 1 aromatic rings. The van der Waals surface area contributed by atoms with E-state index in [1.165, 1.54) is 24.3 Å². The van der Waals surface area contributed by atoms with Gasteiger partial charge in [-0.05, 0) is 25.1 Å². The third kappa shape index (κ3) is 3.61. The van der Waals surface area contributed by atoms with E-state index in [-0.39, 0.29) is 10.5 Å². The molecule has 0 N–H and O–H groups in total. The standard InChI is InChI=1S/C12H12O4S/c1-4-9(2)16-12(13)10-6-5-7-11(8-10)17(3,14)15/h1,5-9H,2-3H3/t9-/m1/s1. The normalized spacial score (nSPS) is 12.5. The molecule has 4 nitrogen and oxygen atoms in total. The van der Waals surface area contributed by atoms with Gasteiger partial charge in [0, 0.05) is 6.26 Å². The molecular weight excluding hydrogens is 240 g/mol. The number of hydrogen-bond acceptors (Lipinski definition) is 4. The first-order chi connectivity index (χ1) is 7.84. The van der Waals surface area contributed by atoms with Crippen molar-refractivity contribution in [3.8, 4) is 12.3 Å². The molecule has 0 spiro atoms. The van der Waals surface area contributed by atoms with Crippen LogP contribution in [0.1, 0.15) is 17.3 Å². The predicted molar refractivity (Wildman–Crippen MR) is 63.3 cm³/mol. The number of benzene rings is 1. The third-order valence-electron chi connectivity index (χ3n) is 2.02. The Labute approximate surface area is 101 Å². The van der Waals surface area contributed by atoms with E-state index in [2.05, 4.69) is 5.92 Å². The summed E-state index contributed by atoms with van der Waals surface area (Å²) in [5, 5.41) is 0. The maximum Gasteiger partial charge on any atom is 0.339 e. The number of hydrogen-bond donors (Lipinski definition) is 0. The smallest absolute Gasteiger partial charge is 0.339 e. The summed E-state index contributed by atoms with van der Waals surface area (Å²) in [4.78, 5) is 11.7. The van der Waals surface area contributed by atoms with Crippen LogP contribution in [0.5, 0.6) is 0 Å². The van der Waals surface area contributed by atoms with Gasteiger partial charge in [0.2, 0.25) is 0 Å². The number of carbonyl (C=O) groups is 1. The summed E-state index contributed by atoms with van der Waals surface area (Å²) in [5.41, 5.74) is 0.162. The van der Waals surface area contributed by atoms with Gasteiger partial charge in [-0.3, -0.25) is 0 Å². The van der Waals surface area contributed by atoms with Crippen LogP contribution in [-0.2, 0) is 14.6 Å². The van der Waals surface area contributed by atoms with Crippen molar-refractivity contribution >= 4 is 15.8 Å². The van der Waals surface area contributed by atoms with Crippen LogP contribution >= 0.6 is 0 Å². The molecule has 0 aliphatic heterocycles. The molecule has 90 valence electrons. The van der Waals surface area contributed by atoms with Gasteiger partial charge >= 0.3 is 5.97 Å². The maximum atomic E-state index is 11.6. The second-order valence-electron chi connectivity index (χ2n) is 3.51. The van der Waals surface area contributed by atoms with Crippen molar-refractivity contribution in [3.63, 3.8) is 0 Å². The van der Waals surface area contributed by atoms with Gasteiger partial charge in [-0.25, -0.2) is 13.2 Å². The van der Waals surface area contributed by atoms with Gasteiger partial charge in [-0.2, -0.15) is 0 Å². The van der Waals surface area contributed by atoms with E-state index < -0.39 is 21.9 Å². The molecule has 0 amide bonds. The Morgan fingerprint density at radius 2 is 2.12 bits per heavy atom. The molecule has 0 radical (unpaired) electrons. The van der Waals surface area contributed by atoms with Gasteiger partial charge in [-0.15, -0.1) is 6.42 Å². The molecule has 0 aliphatic carbocycles. The second-order valence-corrected chi connectivity index (χ2v) is 5.53. The fourth-order valence-corrected chi connectivity index (χ4v) is 1.78. The highest BCUT2D eigenvalue weighted by atomic mass is 32.2. The van der Waals surface area contributed by atoms with E-state index >= 15 is 0 Å². The molecule has 0 fully saturated rings. The third-order valence-corrected chi connectivity index (χ3v) is 3.13. The molecule has 0 heterocycles. The second kappa shape index (κ2) is 5.02. The first kappa shape index (κ1) is 13.3. The van der Waals surface area contributed by atoms with Crippen molar-refractivity contribution < 1.29 is 17.9 Å². The summed E-state index contributed by atoms with van der Waals surface area (Å²) in [6.45, 7) is 1.55. The van der Waals surface area contributed by atoms with Gasteiger partial charge in [0.25, 0.3) is 0 Å². The number of terminal acetylenes is 1. The van der Waals surface area contributed by atoms with Crippen LogP contribution in [0, 0.1) is 12.3 Å². The van der Waals surface area contributed by atoms with Gasteiger partial charge in [0.15, 0.2) is 15.9 Å². The zero-order valence-electron chi connectivity index (χ0n) is 9.51. The van der Waals surface area contributed by atoms with E-state index in [1.54, 1.807) is 6.92 Å². The summed E-state index contributed by atoms with van der Waals surface area (Å²) >= 11 is 0. The number of rotatable bonds is 3. The topological polar surface area (TPSA) is 60.4 Å². The lowest BCUT2D eigenvalue weighted by atomic mass is 10.2. The molecule has 0 aliphatic rings. The molecule has 0 saturated heterocycles. The molecule has 1 aromatic carbocycles. The zero-order chi connectivity index (χ0) is 13.1. The Morgan fingerprint density at radius 3 is 2.65 bits per heavy atom. The van der Waals surface area contributed by atoms with Gasteiger partial charge < -0.3 is 4.74 Å². The molecule has 1 atom stereocenters. The van der Waals surface area contributed by atoms with Crippen LogP contribution in [0.3, 0.4) is 0 Å². The monoisotopic (exact) mass is 252 g/mol. The van der Waals surface area contributed by atoms with Crippen LogP contribution < -0.4 is 0 Å². The van der Waals surface area contributed by atoms with Crippen LogP contribution in [0.25, 0.3) is 0 Å². The van der Waals surface area contributed by atoms with Crippen molar-refractivity contribution in [2.75, 3.05) is 6.26 Å². The lowest BCUT2D eigenvalue weighted by Crippen LogP contribution is -2.13. The fraction of sp³-hybridized carbons (Fsp3) is 0.250. The number of ether oxygens (including phenoxy) is 1. The summed E-state index contributed by atoms with van der Waals surface area (Å²) in [6.07, 6.45) is 5.50. The highest BCUT2D eigenvalue weighted by Gasteiger charge is 2.13. The lowest BCUT2D eigenvalue weighted by Gasteiger charge is -2.07. The average molecular weight is 252 g/mol. The van der Waals surface area contributed by atoms with Gasteiger partial charge in [-0.1, -0.05) is 12.0 Å².